The Kier molecular flexibility index (Phi) is 7.79. The Morgan fingerprint density at radius 2 is 2.00 bits per heavy atom. The highest BCUT2D eigenvalue weighted by atomic mass is 127. The van der Waals surface area contributed by atoms with Crippen molar-refractivity contribution in [3.63, 3.8) is 0 Å². The molecule has 104 valence electrons. The van der Waals surface area contributed by atoms with Gasteiger partial charge in [0.25, 0.3) is 0 Å². The molecule has 0 spiro atoms. The van der Waals surface area contributed by atoms with Crippen LogP contribution in [0.1, 0.15) is 42.1 Å². The zero-order chi connectivity index (χ0) is 14.1. The van der Waals surface area contributed by atoms with Gasteiger partial charge < -0.3 is 4.74 Å². The first-order valence-electron chi connectivity index (χ1n) is 6.62. The first-order valence-corrected chi connectivity index (χ1v) is 8.15. The Morgan fingerprint density at radius 3 is 2.53 bits per heavy atom. The molecule has 0 aliphatic carbocycles. The summed E-state index contributed by atoms with van der Waals surface area (Å²) in [6.45, 7) is 2.21. The first kappa shape index (κ1) is 16.2. The second-order valence-electron chi connectivity index (χ2n) is 4.38. The molecule has 0 saturated heterocycles. The number of hydrogen-bond acceptors (Lipinski definition) is 2. The van der Waals surface area contributed by atoms with Crippen LogP contribution >= 0.6 is 22.6 Å². The van der Waals surface area contributed by atoms with Gasteiger partial charge in [0.2, 0.25) is 0 Å². The highest BCUT2D eigenvalue weighted by molar-refractivity contribution is 14.1. The smallest absolute Gasteiger partial charge is 0.337 e. The Hall–Kier alpha value is -0.840. The lowest BCUT2D eigenvalue weighted by molar-refractivity contribution is 0.0600. The summed E-state index contributed by atoms with van der Waals surface area (Å²) in [7, 11) is 1.40. The van der Waals surface area contributed by atoms with Gasteiger partial charge in [-0.15, -0.1) is 0 Å². The van der Waals surface area contributed by atoms with Crippen molar-refractivity contribution >= 4 is 28.6 Å². The zero-order valence-corrected chi connectivity index (χ0v) is 13.8. The predicted octanol–water partition coefficient (Wildman–Crippen LogP) is 4.57. The van der Waals surface area contributed by atoms with Crippen LogP contribution in [-0.2, 0) is 11.2 Å². The Balaban J connectivity index is 2.52. The summed E-state index contributed by atoms with van der Waals surface area (Å²) in [5, 5.41) is 0. The summed E-state index contributed by atoms with van der Waals surface area (Å²) in [4.78, 5) is 11.3. The van der Waals surface area contributed by atoms with Crippen LogP contribution in [0.15, 0.2) is 35.9 Å². The molecule has 0 amide bonds. The van der Waals surface area contributed by atoms with Gasteiger partial charge in [-0.2, -0.15) is 0 Å². The summed E-state index contributed by atoms with van der Waals surface area (Å²) in [6.07, 6.45) is 6.78. The molecule has 0 aromatic heterocycles. The number of carbonyl (C=O) groups excluding carboxylic acids is 1. The first-order chi connectivity index (χ1) is 9.21. The van der Waals surface area contributed by atoms with E-state index in [0.717, 1.165) is 19.3 Å². The molecule has 0 bridgehead atoms. The fraction of sp³-hybridized carbons (Fsp3) is 0.438. The Morgan fingerprint density at radius 1 is 1.32 bits per heavy atom. The fourth-order valence-electron chi connectivity index (χ4n) is 1.91. The minimum Gasteiger partial charge on any atom is -0.465 e. The molecule has 19 heavy (non-hydrogen) atoms. The Labute approximate surface area is 129 Å². The molecule has 2 nitrogen and oxygen atoms in total. The van der Waals surface area contributed by atoms with E-state index in [1.807, 2.05) is 24.3 Å². The van der Waals surface area contributed by atoms with E-state index in [1.165, 1.54) is 23.5 Å². The molecule has 0 aliphatic heterocycles. The topological polar surface area (TPSA) is 26.3 Å². The van der Waals surface area contributed by atoms with Crippen LogP contribution in [0.4, 0.5) is 0 Å². The van der Waals surface area contributed by atoms with Crippen LogP contribution in [0.2, 0.25) is 0 Å². The van der Waals surface area contributed by atoms with E-state index in [1.54, 1.807) is 5.57 Å². The number of benzene rings is 1. The van der Waals surface area contributed by atoms with Crippen molar-refractivity contribution < 1.29 is 9.53 Å². The number of allylic oxidation sites excluding steroid dienone is 2. The quantitative estimate of drug-likeness (QED) is 0.303. The summed E-state index contributed by atoms with van der Waals surface area (Å²) in [6, 6.07) is 7.67. The Bertz CT molecular complexity index is 421. The van der Waals surface area contributed by atoms with Crippen molar-refractivity contribution in [1.82, 2.24) is 0 Å². The largest absolute Gasteiger partial charge is 0.465 e. The number of aryl methyl sites for hydroxylation is 1. The molecule has 0 aliphatic rings. The fourth-order valence-corrected chi connectivity index (χ4v) is 2.61. The van der Waals surface area contributed by atoms with Crippen molar-refractivity contribution in [2.24, 2.45) is 0 Å². The molecule has 0 N–H and O–H groups in total. The molecule has 0 heterocycles. The number of hydrogen-bond donors (Lipinski definition) is 0. The van der Waals surface area contributed by atoms with E-state index in [-0.39, 0.29) is 5.97 Å². The minimum atomic E-state index is -0.276. The highest BCUT2D eigenvalue weighted by Crippen LogP contribution is 2.12. The maximum absolute atomic E-state index is 11.3. The van der Waals surface area contributed by atoms with E-state index in [4.69, 9.17) is 0 Å². The lowest BCUT2D eigenvalue weighted by atomic mass is 10.0. The van der Waals surface area contributed by atoms with Gasteiger partial charge in [0.05, 0.1) is 12.7 Å². The van der Waals surface area contributed by atoms with Crippen molar-refractivity contribution in [3.8, 4) is 0 Å². The third-order valence-corrected chi connectivity index (χ3v) is 3.65. The van der Waals surface area contributed by atoms with E-state index in [2.05, 4.69) is 40.3 Å². The van der Waals surface area contributed by atoms with Gasteiger partial charge in [0.1, 0.15) is 0 Å². The summed E-state index contributed by atoms with van der Waals surface area (Å²) in [5.74, 6) is -0.276. The molecule has 3 heteroatoms. The second kappa shape index (κ2) is 9.13. The van der Waals surface area contributed by atoms with Crippen LogP contribution in [0, 0.1) is 0 Å². The monoisotopic (exact) mass is 372 g/mol. The molecule has 0 radical (unpaired) electrons. The van der Waals surface area contributed by atoms with E-state index in [0.29, 0.717) is 5.56 Å². The van der Waals surface area contributed by atoms with Crippen LogP contribution in [0.25, 0.3) is 0 Å². The van der Waals surface area contributed by atoms with Crippen LogP contribution in [-0.4, -0.2) is 17.5 Å². The van der Waals surface area contributed by atoms with Crippen LogP contribution in [0.5, 0.6) is 0 Å². The number of rotatable bonds is 7. The molecule has 0 saturated carbocycles. The summed E-state index contributed by atoms with van der Waals surface area (Å²) in [5.41, 5.74) is 3.41. The number of methoxy groups -OCH3 is 1. The predicted molar refractivity (Wildman–Crippen MR) is 88.0 cm³/mol. The number of ether oxygens (including phenoxy) is 1. The maximum atomic E-state index is 11.3. The zero-order valence-electron chi connectivity index (χ0n) is 11.6. The number of alkyl halides is 1. The molecule has 0 fully saturated rings. The van der Waals surface area contributed by atoms with E-state index in [9.17, 15) is 4.79 Å². The SMILES string of the molecule is CCC(=CCCc1ccc(C(=O)OC)cc1)CCI. The van der Waals surface area contributed by atoms with Crippen LogP contribution in [0.3, 0.4) is 0 Å². The highest BCUT2D eigenvalue weighted by Gasteiger charge is 2.03. The molecule has 0 unspecified atom stereocenters. The number of esters is 1. The standard InChI is InChI=1S/C16H21IO2/c1-3-13(11-12-17)5-4-6-14-7-9-15(10-8-14)16(18)19-2/h5,7-10H,3-4,6,11-12H2,1-2H3. The molecular formula is C16H21IO2. The number of carbonyl (C=O) groups is 1. The van der Waals surface area contributed by atoms with Gasteiger partial charge in [0.15, 0.2) is 0 Å². The van der Waals surface area contributed by atoms with Crippen molar-refractivity contribution in [2.75, 3.05) is 11.5 Å². The summed E-state index contributed by atoms with van der Waals surface area (Å²) < 4.78 is 5.87. The van der Waals surface area contributed by atoms with Gasteiger partial charge in [-0.25, -0.2) is 4.79 Å². The number of halogens is 1. The average Bonchev–Trinajstić information content (AvgIpc) is 2.46. The van der Waals surface area contributed by atoms with Gasteiger partial charge in [-0.1, -0.05) is 53.3 Å². The lowest BCUT2D eigenvalue weighted by Gasteiger charge is -2.04. The normalized spacial score (nSPS) is 11.4. The molecule has 1 aromatic rings. The summed E-state index contributed by atoms with van der Waals surface area (Å²) >= 11 is 2.42. The van der Waals surface area contributed by atoms with Gasteiger partial charge >= 0.3 is 5.97 Å². The van der Waals surface area contributed by atoms with E-state index >= 15 is 0 Å². The second-order valence-corrected chi connectivity index (χ2v) is 5.46. The van der Waals surface area contributed by atoms with Crippen molar-refractivity contribution in [1.29, 1.82) is 0 Å². The molecular weight excluding hydrogens is 351 g/mol. The third-order valence-electron chi connectivity index (χ3n) is 3.11. The van der Waals surface area contributed by atoms with Crippen molar-refractivity contribution in [2.45, 2.75) is 32.6 Å². The average molecular weight is 372 g/mol. The maximum Gasteiger partial charge on any atom is 0.337 e. The third kappa shape index (κ3) is 5.76. The molecule has 1 aromatic carbocycles. The lowest BCUT2D eigenvalue weighted by Crippen LogP contribution is -2.00. The van der Waals surface area contributed by atoms with E-state index < -0.39 is 0 Å². The van der Waals surface area contributed by atoms with Gasteiger partial charge in [0, 0.05) is 4.43 Å². The minimum absolute atomic E-state index is 0.276. The molecule has 1 rings (SSSR count). The van der Waals surface area contributed by atoms with Gasteiger partial charge in [-0.3, -0.25) is 0 Å². The van der Waals surface area contributed by atoms with Crippen molar-refractivity contribution in [3.05, 3.63) is 47.0 Å². The molecule has 0 atom stereocenters. The van der Waals surface area contributed by atoms with Crippen LogP contribution < -0.4 is 0 Å². The van der Waals surface area contributed by atoms with Gasteiger partial charge in [-0.05, 0) is 43.4 Å².